The quantitative estimate of drug-likeness (QED) is 0.875. The summed E-state index contributed by atoms with van der Waals surface area (Å²) in [6.07, 6.45) is -0.580. The Kier molecular flexibility index (Phi) is 4.53. The Balaban J connectivity index is 2.80. The second-order valence-electron chi connectivity index (χ2n) is 5.39. The SMILES string of the molecule is CC(C)(C)[C@@H](N)C[C@@H](O)c1ccc(Cl)cc1F. The average Bonchev–Trinajstić information content (AvgIpc) is 2.15. The molecule has 4 heteroatoms. The average molecular weight is 260 g/mol. The van der Waals surface area contributed by atoms with Crippen LogP contribution in [-0.4, -0.2) is 11.1 Å². The largest absolute Gasteiger partial charge is 0.388 e. The van der Waals surface area contributed by atoms with E-state index in [9.17, 15) is 9.50 Å². The van der Waals surface area contributed by atoms with Crippen molar-refractivity contribution >= 4 is 11.6 Å². The van der Waals surface area contributed by atoms with E-state index in [-0.39, 0.29) is 17.0 Å². The molecule has 2 nitrogen and oxygen atoms in total. The molecule has 0 unspecified atom stereocenters. The van der Waals surface area contributed by atoms with E-state index < -0.39 is 11.9 Å². The van der Waals surface area contributed by atoms with Crippen LogP contribution in [0.4, 0.5) is 4.39 Å². The van der Waals surface area contributed by atoms with E-state index in [4.69, 9.17) is 17.3 Å². The molecule has 1 rings (SSSR count). The third-order valence-electron chi connectivity index (χ3n) is 2.91. The fraction of sp³-hybridized carbons (Fsp3) is 0.538. The summed E-state index contributed by atoms with van der Waals surface area (Å²) < 4.78 is 13.6. The molecule has 0 fully saturated rings. The molecular formula is C13H19ClFNO. The second kappa shape index (κ2) is 5.34. The number of halogens is 2. The lowest BCUT2D eigenvalue weighted by molar-refractivity contribution is 0.130. The lowest BCUT2D eigenvalue weighted by atomic mass is 9.83. The van der Waals surface area contributed by atoms with Crippen molar-refractivity contribution in [1.82, 2.24) is 0 Å². The van der Waals surface area contributed by atoms with Crippen LogP contribution in [-0.2, 0) is 0 Å². The highest BCUT2D eigenvalue weighted by atomic mass is 35.5. The second-order valence-corrected chi connectivity index (χ2v) is 5.83. The molecule has 0 aliphatic carbocycles. The molecule has 0 aliphatic heterocycles. The molecular weight excluding hydrogens is 241 g/mol. The summed E-state index contributed by atoms with van der Waals surface area (Å²) in [6.45, 7) is 5.97. The summed E-state index contributed by atoms with van der Waals surface area (Å²) in [5.74, 6) is -0.494. The minimum atomic E-state index is -0.901. The van der Waals surface area contributed by atoms with Gasteiger partial charge < -0.3 is 10.8 Å². The third kappa shape index (κ3) is 3.95. The van der Waals surface area contributed by atoms with E-state index in [0.29, 0.717) is 11.4 Å². The maximum absolute atomic E-state index is 13.6. The van der Waals surface area contributed by atoms with Gasteiger partial charge in [0.2, 0.25) is 0 Å². The Morgan fingerprint density at radius 3 is 2.47 bits per heavy atom. The van der Waals surface area contributed by atoms with Crippen LogP contribution in [0.3, 0.4) is 0 Å². The van der Waals surface area contributed by atoms with Crippen molar-refractivity contribution in [2.75, 3.05) is 0 Å². The Bertz CT molecular complexity index is 389. The van der Waals surface area contributed by atoms with E-state index in [1.54, 1.807) is 6.07 Å². The van der Waals surface area contributed by atoms with Gasteiger partial charge in [0.25, 0.3) is 0 Å². The predicted molar refractivity (Wildman–Crippen MR) is 68.4 cm³/mol. The van der Waals surface area contributed by atoms with Gasteiger partial charge in [-0.3, -0.25) is 0 Å². The number of benzene rings is 1. The van der Waals surface area contributed by atoms with Gasteiger partial charge in [0, 0.05) is 16.6 Å². The summed E-state index contributed by atoms with van der Waals surface area (Å²) in [6, 6.07) is 4.05. The molecule has 3 N–H and O–H groups in total. The topological polar surface area (TPSA) is 46.2 Å². The van der Waals surface area contributed by atoms with Crippen molar-refractivity contribution in [3.8, 4) is 0 Å². The normalized spacial score (nSPS) is 15.7. The van der Waals surface area contributed by atoms with Crippen molar-refractivity contribution in [3.05, 3.63) is 34.6 Å². The molecule has 2 atom stereocenters. The standard InChI is InChI=1S/C13H19ClFNO/c1-13(2,3)12(16)7-11(17)9-5-4-8(14)6-10(9)15/h4-6,11-12,17H,7,16H2,1-3H3/t11-,12+/m1/s1. The minimum Gasteiger partial charge on any atom is -0.388 e. The molecule has 0 saturated heterocycles. The van der Waals surface area contributed by atoms with Crippen LogP contribution in [0.15, 0.2) is 18.2 Å². The minimum absolute atomic E-state index is 0.121. The molecule has 1 aromatic rings. The van der Waals surface area contributed by atoms with Crippen molar-refractivity contribution in [1.29, 1.82) is 0 Å². The molecule has 0 amide bonds. The fourth-order valence-electron chi connectivity index (χ4n) is 1.49. The molecule has 0 spiro atoms. The van der Waals surface area contributed by atoms with E-state index in [0.717, 1.165) is 0 Å². The van der Waals surface area contributed by atoms with Crippen molar-refractivity contribution in [2.24, 2.45) is 11.1 Å². The van der Waals surface area contributed by atoms with Gasteiger partial charge in [-0.15, -0.1) is 0 Å². The van der Waals surface area contributed by atoms with E-state index in [2.05, 4.69) is 0 Å². The first-order valence-electron chi connectivity index (χ1n) is 5.60. The lowest BCUT2D eigenvalue weighted by Gasteiger charge is -2.29. The maximum atomic E-state index is 13.6. The summed E-state index contributed by atoms with van der Waals surface area (Å²) in [5, 5.41) is 10.3. The van der Waals surface area contributed by atoms with Gasteiger partial charge in [-0.2, -0.15) is 0 Å². The first kappa shape index (κ1) is 14.4. The zero-order valence-corrected chi connectivity index (χ0v) is 11.1. The van der Waals surface area contributed by atoms with Crippen LogP contribution in [0.1, 0.15) is 38.9 Å². The number of nitrogens with two attached hydrogens (primary N) is 1. The monoisotopic (exact) mass is 259 g/mol. The van der Waals surface area contributed by atoms with E-state index in [1.807, 2.05) is 20.8 Å². The summed E-state index contributed by atoms with van der Waals surface area (Å²) >= 11 is 5.65. The first-order valence-corrected chi connectivity index (χ1v) is 5.98. The van der Waals surface area contributed by atoms with Gasteiger partial charge in [0.05, 0.1) is 6.10 Å². The highest BCUT2D eigenvalue weighted by Gasteiger charge is 2.25. The van der Waals surface area contributed by atoms with Gasteiger partial charge >= 0.3 is 0 Å². The van der Waals surface area contributed by atoms with E-state index in [1.165, 1.54) is 12.1 Å². The maximum Gasteiger partial charge on any atom is 0.130 e. The van der Waals surface area contributed by atoms with Crippen LogP contribution in [0.25, 0.3) is 0 Å². The van der Waals surface area contributed by atoms with Crippen LogP contribution in [0.2, 0.25) is 5.02 Å². The highest BCUT2D eigenvalue weighted by molar-refractivity contribution is 6.30. The molecule has 0 aromatic heterocycles. The Morgan fingerprint density at radius 2 is 2.00 bits per heavy atom. The van der Waals surface area contributed by atoms with Crippen molar-refractivity contribution < 1.29 is 9.50 Å². The predicted octanol–water partition coefficient (Wildman–Crippen LogP) is 3.28. The summed E-state index contributed by atoms with van der Waals surface area (Å²) in [4.78, 5) is 0. The zero-order chi connectivity index (χ0) is 13.2. The highest BCUT2D eigenvalue weighted by Crippen LogP contribution is 2.28. The Morgan fingerprint density at radius 1 is 1.41 bits per heavy atom. The smallest absolute Gasteiger partial charge is 0.130 e. The fourth-order valence-corrected chi connectivity index (χ4v) is 1.65. The van der Waals surface area contributed by atoms with Gasteiger partial charge in [-0.25, -0.2) is 4.39 Å². The molecule has 17 heavy (non-hydrogen) atoms. The van der Waals surface area contributed by atoms with Gasteiger partial charge in [0.15, 0.2) is 0 Å². The zero-order valence-electron chi connectivity index (χ0n) is 10.4. The van der Waals surface area contributed by atoms with Crippen LogP contribution >= 0.6 is 11.6 Å². The van der Waals surface area contributed by atoms with Gasteiger partial charge in [0.1, 0.15) is 5.82 Å². The first-order chi connectivity index (χ1) is 7.71. The summed E-state index contributed by atoms with van der Waals surface area (Å²) in [7, 11) is 0. The lowest BCUT2D eigenvalue weighted by Crippen LogP contribution is -2.36. The Hall–Kier alpha value is -0.640. The number of hydrogen-bond donors (Lipinski definition) is 2. The number of aliphatic hydroxyl groups excluding tert-OH is 1. The Labute approximate surface area is 107 Å². The molecule has 96 valence electrons. The van der Waals surface area contributed by atoms with Crippen LogP contribution in [0.5, 0.6) is 0 Å². The van der Waals surface area contributed by atoms with Gasteiger partial charge in [-0.1, -0.05) is 38.4 Å². The van der Waals surface area contributed by atoms with Crippen LogP contribution < -0.4 is 5.73 Å². The van der Waals surface area contributed by atoms with Crippen LogP contribution in [0, 0.1) is 11.2 Å². The molecule has 0 heterocycles. The van der Waals surface area contributed by atoms with Crippen molar-refractivity contribution in [2.45, 2.75) is 39.3 Å². The number of rotatable bonds is 3. The molecule has 0 radical (unpaired) electrons. The number of hydrogen-bond acceptors (Lipinski definition) is 2. The molecule has 0 saturated carbocycles. The molecule has 0 bridgehead atoms. The van der Waals surface area contributed by atoms with Gasteiger partial charge in [-0.05, 0) is 24.0 Å². The number of aliphatic hydroxyl groups is 1. The molecule has 0 aliphatic rings. The van der Waals surface area contributed by atoms with Crippen molar-refractivity contribution in [3.63, 3.8) is 0 Å². The van der Waals surface area contributed by atoms with E-state index >= 15 is 0 Å². The molecule has 1 aromatic carbocycles. The summed E-state index contributed by atoms with van der Waals surface area (Å²) in [5.41, 5.74) is 6.08. The third-order valence-corrected chi connectivity index (χ3v) is 3.15.